The minimum atomic E-state index is -0.160. The zero-order valence-electron chi connectivity index (χ0n) is 10.7. The molecule has 0 aromatic heterocycles. The van der Waals surface area contributed by atoms with Crippen molar-refractivity contribution >= 4 is 0 Å². The standard InChI is InChI=1S/C13H17O3.Cs/c1-3-14-11-5-4-6-12(8-11)16-13-7-10(2)9-15-13;/h4-6,8-10,13H,3,7H2,1-2H3;/q-1;+1/t10-,13?;/m1./s1. The van der Waals surface area contributed by atoms with Crippen molar-refractivity contribution in [1.29, 1.82) is 0 Å². The molecule has 3 nitrogen and oxygen atoms in total. The van der Waals surface area contributed by atoms with E-state index in [9.17, 15) is 0 Å². The van der Waals surface area contributed by atoms with E-state index in [0.717, 1.165) is 17.9 Å². The second-order valence-corrected chi connectivity index (χ2v) is 3.94. The van der Waals surface area contributed by atoms with E-state index in [4.69, 9.17) is 14.2 Å². The SMILES string of the molecule is CCOc1cccc(OC2C[C@@H](C)[CH-]O2)c1.[Cs+]. The minimum absolute atomic E-state index is 0. The Bertz CT molecular complexity index is 343. The van der Waals surface area contributed by atoms with E-state index in [-0.39, 0.29) is 75.2 Å². The number of ether oxygens (including phenoxy) is 3. The maximum Gasteiger partial charge on any atom is 1.00 e. The Balaban J connectivity index is 0.00000144. The third-order valence-corrected chi connectivity index (χ3v) is 2.41. The van der Waals surface area contributed by atoms with Gasteiger partial charge in [0.2, 0.25) is 0 Å². The van der Waals surface area contributed by atoms with Gasteiger partial charge in [-0.25, -0.2) is 6.61 Å². The van der Waals surface area contributed by atoms with Gasteiger partial charge in [0.15, 0.2) is 6.29 Å². The Kier molecular flexibility index (Phi) is 7.56. The number of benzene rings is 1. The summed E-state index contributed by atoms with van der Waals surface area (Å²) in [6.07, 6.45) is 0.741. The van der Waals surface area contributed by atoms with Crippen LogP contribution in [-0.2, 0) is 4.74 Å². The first kappa shape index (κ1) is 15.9. The molecular weight excluding hydrogens is 337 g/mol. The van der Waals surface area contributed by atoms with Crippen molar-refractivity contribution in [2.24, 2.45) is 5.92 Å². The Labute approximate surface area is 162 Å². The monoisotopic (exact) mass is 354 g/mol. The molecule has 1 aliphatic rings. The van der Waals surface area contributed by atoms with E-state index < -0.39 is 0 Å². The van der Waals surface area contributed by atoms with Crippen LogP contribution in [0.4, 0.5) is 0 Å². The summed E-state index contributed by atoms with van der Waals surface area (Å²) in [6.45, 7) is 6.56. The summed E-state index contributed by atoms with van der Waals surface area (Å²) in [5, 5.41) is 0. The average Bonchev–Trinajstić information content (AvgIpc) is 2.65. The maximum absolute atomic E-state index is 5.70. The van der Waals surface area contributed by atoms with Gasteiger partial charge in [0.1, 0.15) is 11.5 Å². The minimum Gasteiger partial charge on any atom is -0.520 e. The first-order valence-corrected chi connectivity index (χ1v) is 5.66. The summed E-state index contributed by atoms with van der Waals surface area (Å²) >= 11 is 0. The fourth-order valence-corrected chi connectivity index (χ4v) is 1.67. The van der Waals surface area contributed by atoms with E-state index in [2.05, 4.69) is 6.92 Å². The van der Waals surface area contributed by atoms with Crippen molar-refractivity contribution in [3.05, 3.63) is 30.9 Å². The van der Waals surface area contributed by atoms with Crippen LogP contribution in [0.5, 0.6) is 11.5 Å². The number of hydrogen-bond acceptors (Lipinski definition) is 3. The van der Waals surface area contributed by atoms with Crippen molar-refractivity contribution in [2.75, 3.05) is 6.61 Å². The van der Waals surface area contributed by atoms with E-state index in [1.54, 1.807) is 0 Å². The van der Waals surface area contributed by atoms with Crippen molar-refractivity contribution in [3.8, 4) is 11.5 Å². The molecule has 0 saturated carbocycles. The van der Waals surface area contributed by atoms with Gasteiger partial charge in [-0.2, -0.15) is 0 Å². The summed E-state index contributed by atoms with van der Waals surface area (Å²) in [6, 6.07) is 7.63. The molecule has 2 atom stereocenters. The van der Waals surface area contributed by atoms with Gasteiger partial charge in [0.05, 0.1) is 6.61 Å². The van der Waals surface area contributed by atoms with E-state index in [1.807, 2.05) is 37.8 Å². The zero-order chi connectivity index (χ0) is 11.4. The molecule has 1 unspecified atom stereocenters. The van der Waals surface area contributed by atoms with Crippen molar-refractivity contribution in [3.63, 3.8) is 0 Å². The molecule has 0 bridgehead atoms. The van der Waals surface area contributed by atoms with Gasteiger partial charge < -0.3 is 14.2 Å². The van der Waals surface area contributed by atoms with E-state index in [0.29, 0.717) is 12.5 Å². The van der Waals surface area contributed by atoms with Crippen LogP contribution >= 0.6 is 0 Å². The van der Waals surface area contributed by atoms with Crippen LogP contribution in [-0.4, -0.2) is 12.9 Å². The molecule has 1 aromatic rings. The zero-order valence-corrected chi connectivity index (χ0v) is 17.0. The molecule has 0 radical (unpaired) electrons. The predicted octanol–water partition coefficient (Wildman–Crippen LogP) is 0.0124. The molecule has 0 N–H and O–H groups in total. The smallest absolute Gasteiger partial charge is 0.520 e. The largest absolute Gasteiger partial charge is 1.00 e. The van der Waals surface area contributed by atoms with E-state index in [1.165, 1.54) is 0 Å². The Morgan fingerprint density at radius 2 is 2.18 bits per heavy atom. The van der Waals surface area contributed by atoms with Crippen LogP contribution in [0.25, 0.3) is 0 Å². The van der Waals surface area contributed by atoms with Gasteiger partial charge in [-0.3, -0.25) is 0 Å². The summed E-state index contributed by atoms with van der Waals surface area (Å²) in [4.78, 5) is 0. The number of hydrogen-bond donors (Lipinski definition) is 0. The van der Waals surface area contributed by atoms with Crippen LogP contribution < -0.4 is 78.4 Å². The molecule has 1 fully saturated rings. The second-order valence-electron chi connectivity index (χ2n) is 3.94. The molecule has 17 heavy (non-hydrogen) atoms. The molecule has 0 amide bonds. The normalized spacial score (nSPS) is 22.9. The first-order valence-electron chi connectivity index (χ1n) is 5.66. The van der Waals surface area contributed by atoms with Gasteiger partial charge in [-0.1, -0.05) is 13.0 Å². The summed E-state index contributed by atoms with van der Waals surface area (Å²) in [5.74, 6) is 2.08. The fraction of sp³-hybridized carbons (Fsp3) is 0.462. The predicted molar refractivity (Wildman–Crippen MR) is 61.2 cm³/mol. The topological polar surface area (TPSA) is 27.7 Å². The van der Waals surface area contributed by atoms with Crippen molar-refractivity contribution in [1.82, 2.24) is 0 Å². The maximum atomic E-state index is 5.70. The summed E-state index contributed by atoms with van der Waals surface area (Å²) < 4.78 is 16.5. The molecule has 4 heteroatoms. The van der Waals surface area contributed by atoms with Crippen molar-refractivity contribution in [2.45, 2.75) is 26.6 Å². The van der Waals surface area contributed by atoms with Gasteiger partial charge in [0.25, 0.3) is 0 Å². The third kappa shape index (κ3) is 5.14. The van der Waals surface area contributed by atoms with Crippen molar-refractivity contribution < 1.29 is 83.1 Å². The molecule has 2 rings (SSSR count). The fourth-order valence-electron chi connectivity index (χ4n) is 1.67. The Hall–Kier alpha value is 0.832. The van der Waals surface area contributed by atoms with Gasteiger partial charge in [-0.05, 0) is 25.5 Å². The van der Waals surface area contributed by atoms with E-state index >= 15 is 0 Å². The molecule has 0 aliphatic carbocycles. The Morgan fingerprint density at radius 3 is 2.82 bits per heavy atom. The quantitative estimate of drug-likeness (QED) is 0.714. The van der Waals surface area contributed by atoms with Crippen LogP contribution in [0.15, 0.2) is 24.3 Å². The van der Waals surface area contributed by atoms with Crippen LogP contribution in [0.2, 0.25) is 0 Å². The molecule has 1 aromatic carbocycles. The van der Waals surface area contributed by atoms with Gasteiger partial charge >= 0.3 is 68.9 Å². The average molecular weight is 354 g/mol. The molecule has 0 spiro atoms. The van der Waals surface area contributed by atoms with Gasteiger partial charge in [0, 0.05) is 6.07 Å². The first-order chi connectivity index (χ1) is 7.78. The van der Waals surface area contributed by atoms with Crippen LogP contribution in [0.3, 0.4) is 0 Å². The summed E-state index contributed by atoms with van der Waals surface area (Å²) in [5.41, 5.74) is 0. The van der Waals surface area contributed by atoms with Crippen LogP contribution in [0.1, 0.15) is 20.3 Å². The second kappa shape index (κ2) is 8.09. The molecule has 1 heterocycles. The number of rotatable bonds is 4. The molecule has 88 valence electrons. The third-order valence-electron chi connectivity index (χ3n) is 2.41. The molecular formula is C13H17CsO3. The Morgan fingerprint density at radius 1 is 1.41 bits per heavy atom. The summed E-state index contributed by atoms with van der Waals surface area (Å²) in [7, 11) is 0. The molecule has 1 aliphatic heterocycles. The molecule has 1 saturated heterocycles. The van der Waals surface area contributed by atoms with Gasteiger partial charge in [-0.15, -0.1) is 5.92 Å². The van der Waals surface area contributed by atoms with Crippen LogP contribution in [0, 0.1) is 12.5 Å².